The summed E-state index contributed by atoms with van der Waals surface area (Å²) in [4.78, 5) is 22.4. The lowest BCUT2D eigenvalue weighted by Gasteiger charge is -2.25. The van der Waals surface area contributed by atoms with E-state index in [-0.39, 0.29) is 11.9 Å². The Kier molecular flexibility index (Phi) is 4.24. The number of ether oxygens (including phenoxy) is 1. The van der Waals surface area contributed by atoms with Crippen LogP contribution in [-0.2, 0) is 4.74 Å². The van der Waals surface area contributed by atoms with E-state index in [0.717, 1.165) is 23.5 Å². The minimum Gasteiger partial charge on any atom is -0.380 e. The number of hydrogen-bond acceptors (Lipinski definition) is 3. The van der Waals surface area contributed by atoms with Gasteiger partial charge in [-0.1, -0.05) is 30.3 Å². The Labute approximate surface area is 130 Å². The third-order valence-electron chi connectivity index (χ3n) is 4.08. The molecule has 2 aromatic rings. The highest BCUT2D eigenvalue weighted by molar-refractivity contribution is 5.94. The van der Waals surface area contributed by atoms with E-state index in [4.69, 9.17) is 4.74 Å². The third-order valence-corrected chi connectivity index (χ3v) is 4.08. The molecule has 1 unspecified atom stereocenters. The molecule has 2 heterocycles. The van der Waals surface area contributed by atoms with E-state index in [9.17, 15) is 4.79 Å². The van der Waals surface area contributed by atoms with Crippen molar-refractivity contribution in [2.75, 3.05) is 19.8 Å². The van der Waals surface area contributed by atoms with Crippen molar-refractivity contribution in [1.82, 2.24) is 14.9 Å². The van der Waals surface area contributed by atoms with Crippen molar-refractivity contribution in [2.45, 2.75) is 26.3 Å². The smallest absolute Gasteiger partial charge is 0.274 e. The standard InChI is InChI=1S/C17H21N3O2/c1-12-8-10-22-11-9-20(12)17(21)15-13(2)18-16(19-15)14-6-4-3-5-7-14/h3-7,12H,8-11H2,1-2H3,(H,18,19). The predicted molar refractivity (Wildman–Crippen MR) is 84.7 cm³/mol. The second-order valence-electron chi connectivity index (χ2n) is 5.67. The minimum absolute atomic E-state index is 0.0195. The molecule has 5 heteroatoms. The number of hydrogen-bond donors (Lipinski definition) is 1. The van der Waals surface area contributed by atoms with E-state index < -0.39 is 0 Å². The Morgan fingerprint density at radius 2 is 2.09 bits per heavy atom. The number of aromatic amines is 1. The van der Waals surface area contributed by atoms with Crippen molar-refractivity contribution in [3.8, 4) is 11.4 Å². The number of H-pyrrole nitrogens is 1. The molecule has 0 spiro atoms. The summed E-state index contributed by atoms with van der Waals surface area (Å²) in [6.45, 7) is 5.87. The Balaban J connectivity index is 1.88. The maximum atomic E-state index is 12.8. The molecule has 3 rings (SSSR count). The zero-order valence-corrected chi connectivity index (χ0v) is 13.0. The molecule has 22 heavy (non-hydrogen) atoms. The molecular weight excluding hydrogens is 278 g/mol. The van der Waals surface area contributed by atoms with Crippen molar-refractivity contribution >= 4 is 5.91 Å². The van der Waals surface area contributed by atoms with E-state index in [1.807, 2.05) is 42.2 Å². The number of imidazole rings is 1. The van der Waals surface area contributed by atoms with Crippen molar-refractivity contribution in [2.24, 2.45) is 0 Å². The molecule has 0 saturated carbocycles. The summed E-state index contributed by atoms with van der Waals surface area (Å²) in [6.07, 6.45) is 0.862. The minimum atomic E-state index is -0.0195. The first-order valence-electron chi connectivity index (χ1n) is 7.67. The van der Waals surface area contributed by atoms with E-state index in [1.165, 1.54) is 0 Å². The van der Waals surface area contributed by atoms with Gasteiger partial charge in [0.2, 0.25) is 0 Å². The topological polar surface area (TPSA) is 58.2 Å². The molecule has 1 atom stereocenters. The van der Waals surface area contributed by atoms with Crippen molar-refractivity contribution < 1.29 is 9.53 Å². The molecule has 116 valence electrons. The fourth-order valence-corrected chi connectivity index (χ4v) is 2.73. The number of nitrogens with one attached hydrogen (secondary N) is 1. The molecule has 1 fully saturated rings. The summed E-state index contributed by atoms with van der Waals surface area (Å²) in [5, 5.41) is 0. The van der Waals surface area contributed by atoms with Crippen molar-refractivity contribution in [1.29, 1.82) is 0 Å². The first kappa shape index (κ1) is 14.8. The summed E-state index contributed by atoms with van der Waals surface area (Å²) in [7, 11) is 0. The first-order valence-corrected chi connectivity index (χ1v) is 7.67. The van der Waals surface area contributed by atoms with Crippen LogP contribution in [-0.4, -0.2) is 46.6 Å². The molecule has 1 aliphatic heterocycles. The summed E-state index contributed by atoms with van der Waals surface area (Å²) in [5.74, 6) is 0.717. The van der Waals surface area contributed by atoms with Crippen LogP contribution in [0.1, 0.15) is 29.5 Å². The van der Waals surface area contributed by atoms with Gasteiger partial charge in [-0.25, -0.2) is 4.98 Å². The van der Waals surface area contributed by atoms with Crippen LogP contribution in [0.4, 0.5) is 0 Å². The van der Waals surface area contributed by atoms with E-state index in [1.54, 1.807) is 0 Å². The normalized spacial score (nSPS) is 19.0. The van der Waals surface area contributed by atoms with Gasteiger partial charge in [-0.05, 0) is 20.3 Å². The van der Waals surface area contributed by atoms with Gasteiger partial charge in [0.25, 0.3) is 5.91 Å². The molecule has 0 bridgehead atoms. The van der Waals surface area contributed by atoms with Gasteiger partial charge in [0.05, 0.1) is 6.61 Å². The zero-order valence-electron chi connectivity index (χ0n) is 13.0. The lowest BCUT2D eigenvalue weighted by Crippen LogP contribution is -2.39. The van der Waals surface area contributed by atoms with E-state index in [0.29, 0.717) is 25.5 Å². The van der Waals surface area contributed by atoms with Gasteiger partial charge in [-0.3, -0.25) is 4.79 Å². The molecule has 1 aromatic heterocycles. The number of benzene rings is 1. The van der Waals surface area contributed by atoms with E-state index >= 15 is 0 Å². The number of aryl methyl sites for hydroxylation is 1. The summed E-state index contributed by atoms with van der Waals surface area (Å²) in [5.41, 5.74) is 2.30. The molecule has 1 amide bonds. The fraction of sp³-hybridized carbons (Fsp3) is 0.412. The van der Waals surface area contributed by atoms with Crippen molar-refractivity contribution in [3.63, 3.8) is 0 Å². The molecule has 0 radical (unpaired) electrons. The molecule has 1 aromatic carbocycles. The maximum Gasteiger partial charge on any atom is 0.274 e. The number of aromatic nitrogens is 2. The van der Waals surface area contributed by atoms with Crippen LogP contribution < -0.4 is 0 Å². The SMILES string of the molecule is Cc1[nH]c(-c2ccccc2)nc1C(=O)N1CCOCCC1C. The van der Waals surface area contributed by atoms with Crippen LogP contribution >= 0.6 is 0 Å². The van der Waals surface area contributed by atoms with Gasteiger partial charge in [0.15, 0.2) is 0 Å². The molecule has 5 nitrogen and oxygen atoms in total. The van der Waals surface area contributed by atoms with Crippen LogP contribution in [0.25, 0.3) is 11.4 Å². The van der Waals surface area contributed by atoms with E-state index in [2.05, 4.69) is 16.9 Å². The largest absolute Gasteiger partial charge is 0.380 e. The summed E-state index contributed by atoms with van der Waals surface area (Å²) < 4.78 is 5.46. The number of carbonyl (C=O) groups excluding carboxylic acids is 1. The second-order valence-corrected chi connectivity index (χ2v) is 5.67. The number of carbonyl (C=O) groups is 1. The Morgan fingerprint density at radius 1 is 1.32 bits per heavy atom. The predicted octanol–water partition coefficient (Wildman–Crippen LogP) is 2.64. The molecule has 0 aliphatic carbocycles. The van der Waals surface area contributed by atoms with Gasteiger partial charge in [-0.2, -0.15) is 0 Å². The van der Waals surface area contributed by atoms with Crippen LogP contribution in [0.2, 0.25) is 0 Å². The third kappa shape index (κ3) is 2.90. The highest BCUT2D eigenvalue weighted by Gasteiger charge is 2.26. The highest BCUT2D eigenvalue weighted by Crippen LogP contribution is 2.20. The van der Waals surface area contributed by atoms with Crippen molar-refractivity contribution in [3.05, 3.63) is 41.7 Å². The second kappa shape index (κ2) is 6.32. The summed E-state index contributed by atoms with van der Waals surface area (Å²) >= 11 is 0. The van der Waals surface area contributed by atoms with Crippen LogP contribution in [0, 0.1) is 6.92 Å². The molecule has 1 aliphatic rings. The average molecular weight is 299 g/mol. The number of rotatable bonds is 2. The quantitative estimate of drug-likeness (QED) is 0.927. The van der Waals surface area contributed by atoms with Gasteiger partial charge < -0.3 is 14.6 Å². The van der Waals surface area contributed by atoms with Gasteiger partial charge in [-0.15, -0.1) is 0 Å². The van der Waals surface area contributed by atoms with Gasteiger partial charge in [0, 0.05) is 30.5 Å². The molecule has 1 saturated heterocycles. The average Bonchev–Trinajstić information content (AvgIpc) is 2.79. The van der Waals surface area contributed by atoms with Gasteiger partial charge in [0.1, 0.15) is 11.5 Å². The maximum absolute atomic E-state index is 12.8. The zero-order chi connectivity index (χ0) is 15.5. The lowest BCUT2D eigenvalue weighted by molar-refractivity contribution is 0.0681. The number of nitrogens with zero attached hydrogens (tertiary/aromatic N) is 2. The summed E-state index contributed by atoms with van der Waals surface area (Å²) in [6, 6.07) is 10.0. The fourth-order valence-electron chi connectivity index (χ4n) is 2.73. The lowest BCUT2D eigenvalue weighted by atomic mass is 10.2. The Bertz CT molecular complexity index is 651. The number of amides is 1. The van der Waals surface area contributed by atoms with Crippen LogP contribution in [0.3, 0.4) is 0 Å². The highest BCUT2D eigenvalue weighted by atomic mass is 16.5. The van der Waals surface area contributed by atoms with Gasteiger partial charge >= 0.3 is 0 Å². The molecule has 1 N–H and O–H groups in total. The Morgan fingerprint density at radius 3 is 2.86 bits per heavy atom. The molecular formula is C17H21N3O2. The monoisotopic (exact) mass is 299 g/mol. The Hall–Kier alpha value is -2.14. The van der Waals surface area contributed by atoms with Crippen LogP contribution in [0.5, 0.6) is 0 Å². The van der Waals surface area contributed by atoms with Crippen LogP contribution in [0.15, 0.2) is 30.3 Å². The first-order chi connectivity index (χ1) is 10.7.